The lowest BCUT2D eigenvalue weighted by Gasteiger charge is -2.32. The molecule has 0 bridgehead atoms. The van der Waals surface area contributed by atoms with E-state index in [0.29, 0.717) is 5.56 Å². The average molecular weight is 319 g/mol. The molecule has 24 heavy (non-hydrogen) atoms. The second-order valence-electron chi connectivity index (χ2n) is 6.67. The Kier molecular flexibility index (Phi) is 3.81. The van der Waals surface area contributed by atoms with E-state index in [4.69, 9.17) is 0 Å². The molecule has 0 unspecified atom stereocenters. The minimum Gasteiger partial charge on any atom is -0.372 e. The molecule has 4 nitrogen and oxygen atoms in total. The highest BCUT2D eigenvalue weighted by molar-refractivity contribution is 5.86. The zero-order valence-electron chi connectivity index (χ0n) is 13.9. The molecule has 1 aliphatic rings. The van der Waals surface area contributed by atoms with Crippen LogP contribution in [0.4, 0.5) is 5.69 Å². The highest BCUT2D eigenvalue weighted by Crippen LogP contribution is 2.25. The van der Waals surface area contributed by atoms with Gasteiger partial charge in [0.1, 0.15) is 12.6 Å². The van der Waals surface area contributed by atoms with Crippen molar-refractivity contribution in [2.24, 2.45) is 5.92 Å². The lowest BCUT2D eigenvalue weighted by Crippen LogP contribution is -2.32. The van der Waals surface area contributed by atoms with Gasteiger partial charge in [0.2, 0.25) is 0 Å². The molecule has 1 aliphatic heterocycles. The Bertz CT molecular complexity index is 858. The number of carbonyl (C=O) groups excluding carboxylic acids is 1. The number of hydrogen-bond acceptors (Lipinski definition) is 3. The predicted octanol–water partition coefficient (Wildman–Crippen LogP) is 4.07. The maximum Gasteiger partial charge on any atom is 0.150 e. The van der Waals surface area contributed by atoms with Crippen LogP contribution in [0.15, 0.2) is 48.8 Å². The fourth-order valence-corrected chi connectivity index (χ4v) is 3.39. The summed E-state index contributed by atoms with van der Waals surface area (Å²) in [6, 6.07) is 14.2. The van der Waals surface area contributed by atoms with Gasteiger partial charge in [-0.15, -0.1) is 0 Å². The van der Waals surface area contributed by atoms with E-state index in [1.54, 1.807) is 6.07 Å². The fraction of sp³-hybridized carbons (Fsp3) is 0.300. The second-order valence-corrected chi connectivity index (χ2v) is 6.67. The van der Waals surface area contributed by atoms with Crippen LogP contribution in [0.3, 0.4) is 0 Å². The molecule has 1 aromatic heterocycles. The van der Waals surface area contributed by atoms with Gasteiger partial charge in [-0.25, -0.2) is 4.98 Å². The molecular formula is C20H21N3O. The normalized spacial score (nSPS) is 15.8. The summed E-state index contributed by atoms with van der Waals surface area (Å²) in [4.78, 5) is 17.9. The number of fused-ring (bicyclic) bond motifs is 1. The van der Waals surface area contributed by atoms with Crippen molar-refractivity contribution in [3.8, 4) is 5.69 Å². The lowest BCUT2D eigenvalue weighted by atomic mass is 9.99. The van der Waals surface area contributed by atoms with Gasteiger partial charge in [0.25, 0.3) is 0 Å². The van der Waals surface area contributed by atoms with Crippen LogP contribution in [0.5, 0.6) is 0 Å². The largest absolute Gasteiger partial charge is 0.372 e. The first-order valence-corrected chi connectivity index (χ1v) is 8.52. The summed E-state index contributed by atoms with van der Waals surface area (Å²) >= 11 is 0. The molecule has 122 valence electrons. The Morgan fingerprint density at radius 1 is 1.04 bits per heavy atom. The Labute approximate surface area is 141 Å². The minimum absolute atomic E-state index is 0.670. The van der Waals surface area contributed by atoms with Crippen LogP contribution in [0.2, 0.25) is 0 Å². The van der Waals surface area contributed by atoms with Crippen molar-refractivity contribution in [3.05, 3.63) is 54.4 Å². The molecule has 4 rings (SSSR count). The molecule has 3 aromatic rings. The third-order valence-electron chi connectivity index (χ3n) is 4.98. The summed E-state index contributed by atoms with van der Waals surface area (Å²) in [6.45, 7) is 4.60. The minimum atomic E-state index is 0.670. The molecule has 0 atom stereocenters. The topological polar surface area (TPSA) is 38.1 Å². The maximum absolute atomic E-state index is 11.0. The predicted molar refractivity (Wildman–Crippen MR) is 97.1 cm³/mol. The number of piperidine rings is 1. The second kappa shape index (κ2) is 6.11. The molecule has 0 N–H and O–H groups in total. The van der Waals surface area contributed by atoms with E-state index in [-0.39, 0.29) is 0 Å². The number of rotatable bonds is 3. The molecule has 2 heterocycles. The van der Waals surface area contributed by atoms with Gasteiger partial charge in [0, 0.05) is 30.0 Å². The van der Waals surface area contributed by atoms with Gasteiger partial charge in [0.05, 0.1) is 11.0 Å². The zero-order chi connectivity index (χ0) is 16.5. The number of carbonyl (C=O) groups is 1. The number of imidazole rings is 1. The zero-order valence-corrected chi connectivity index (χ0v) is 13.9. The van der Waals surface area contributed by atoms with E-state index in [9.17, 15) is 4.79 Å². The number of anilines is 1. The Balaban J connectivity index is 1.64. The summed E-state index contributed by atoms with van der Waals surface area (Å²) in [5.41, 5.74) is 4.87. The molecule has 0 amide bonds. The van der Waals surface area contributed by atoms with Crippen LogP contribution in [0.1, 0.15) is 30.1 Å². The summed E-state index contributed by atoms with van der Waals surface area (Å²) in [5, 5.41) is 0. The van der Waals surface area contributed by atoms with Crippen LogP contribution >= 0.6 is 0 Å². The standard InChI is InChI=1S/C20H21N3O/c1-15-8-10-22(11-9-15)17-3-5-18(6-4-17)23-14-21-19-7-2-16(13-24)12-20(19)23/h2-7,12-15H,8-11H2,1H3. The van der Waals surface area contributed by atoms with Crippen molar-refractivity contribution in [1.82, 2.24) is 9.55 Å². The first-order valence-electron chi connectivity index (χ1n) is 8.52. The molecule has 1 saturated heterocycles. The summed E-state index contributed by atoms with van der Waals surface area (Å²) < 4.78 is 2.03. The Morgan fingerprint density at radius 2 is 1.75 bits per heavy atom. The van der Waals surface area contributed by atoms with Gasteiger partial charge in [-0.2, -0.15) is 0 Å². The van der Waals surface area contributed by atoms with Crippen LogP contribution in [0, 0.1) is 5.92 Å². The Hall–Kier alpha value is -2.62. The van der Waals surface area contributed by atoms with E-state index < -0.39 is 0 Å². The molecule has 0 aliphatic carbocycles. The van der Waals surface area contributed by atoms with Gasteiger partial charge in [-0.05, 0) is 61.2 Å². The van der Waals surface area contributed by atoms with E-state index in [2.05, 4.69) is 41.1 Å². The quantitative estimate of drug-likeness (QED) is 0.683. The van der Waals surface area contributed by atoms with Crippen LogP contribution in [-0.4, -0.2) is 28.9 Å². The summed E-state index contributed by atoms with van der Waals surface area (Å²) in [7, 11) is 0. The average Bonchev–Trinajstić information content (AvgIpc) is 3.05. The number of aromatic nitrogens is 2. The van der Waals surface area contributed by atoms with Crippen molar-refractivity contribution in [3.63, 3.8) is 0 Å². The van der Waals surface area contributed by atoms with E-state index in [1.165, 1.54) is 18.5 Å². The van der Waals surface area contributed by atoms with Crippen molar-refractivity contribution in [2.45, 2.75) is 19.8 Å². The molecule has 0 spiro atoms. The van der Waals surface area contributed by atoms with Gasteiger partial charge >= 0.3 is 0 Å². The summed E-state index contributed by atoms with van der Waals surface area (Å²) in [6.07, 6.45) is 5.22. The fourth-order valence-electron chi connectivity index (χ4n) is 3.39. The lowest BCUT2D eigenvalue weighted by molar-refractivity contribution is 0.112. The van der Waals surface area contributed by atoms with Crippen molar-refractivity contribution >= 4 is 23.0 Å². The highest BCUT2D eigenvalue weighted by atomic mass is 16.1. The van der Waals surface area contributed by atoms with Gasteiger partial charge in [-0.1, -0.05) is 6.92 Å². The summed E-state index contributed by atoms with van der Waals surface area (Å²) in [5.74, 6) is 0.838. The van der Waals surface area contributed by atoms with E-state index >= 15 is 0 Å². The third kappa shape index (κ3) is 2.68. The Morgan fingerprint density at radius 3 is 2.46 bits per heavy atom. The van der Waals surface area contributed by atoms with Crippen molar-refractivity contribution < 1.29 is 4.79 Å². The SMILES string of the molecule is CC1CCN(c2ccc(-n3cnc4ccc(C=O)cc43)cc2)CC1. The van der Waals surface area contributed by atoms with Crippen LogP contribution in [-0.2, 0) is 0 Å². The number of benzene rings is 2. The highest BCUT2D eigenvalue weighted by Gasteiger charge is 2.16. The third-order valence-corrected chi connectivity index (χ3v) is 4.98. The first kappa shape index (κ1) is 14.9. The molecular weight excluding hydrogens is 298 g/mol. The smallest absolute Gasteiger partial charge is 0.150 e. The van der Waals surface area contributed by atoms with Crippen LogP contribution in [0.25, 0.3) is 16.7 Å². The molecule has 1 fully saturated rings. The van der Waals surface area contributed by atoms with E-state index in [0.717, 1.165) is 42.0 Å². The van der Waals surface area contributed by atoms with Crippen molar-refractivity contribution in [2.75, 3.05) is 18.0 Å². The van der Waals surface area contributed by atoms with Crippen LogP contribution < -0.4 is 4.90 Å². The van der Waals surface area contributed by atoms with Gasteiger partial charge in [-0.3, -0.25) is 9.36 Å². The molecule has 0 saturated carbocycles. The molecule has 4 heteroatoms. The number of nitrogens with zero attached hydrogens (tertiary/aromatic N) is 3. The number of aldehydes is 1. The number of hydrogen-bond donors (Lipinski definition) is 0. The van der Waals surface area contributed by atoms with Gasteiger partial charge in [0.15, 0.2) is 0 Å². The first-order chi connectivity index (χ1) is 11.7. The monoisotopic (exact) mass is 319 g/mol. The van der Waals surface area contributed by atoms with Crippen molar-refractivity contribution in [1.29, 1.82) is 0 Å². The molecule has 2 aromatic carbocycles. The molecule has 0 radical (unpaired) electrons. The van der Waals surface area contributed by atoms with Gasteiger partial charge < -0.3 is 4.90 Å². The van der Waals surface area contributed by atoms with E-state index in [1.807, 2.05) is 23.0 Å². The maximum atomic E-state index is 11.0.